The van der Waals surface area contributed by atoms with Crippen LogP contribution in [0.2, 0.25) is 0 Å². The zero-order chi connectivity index (χ0) is 24.5. The first-order valence-corrected chi connectivity index (χ1v) is 12.2. The molecule has 2 aliphatic heterocycles. The van der Waals surface area contributed by atoms with Crippen LogP contribution in [0.5, 0.6) is 5.75 Å². The maximum absolute atomic E-state index is 13.1. The molecule has 0 spiro atoms. The second kappa shape index (κ2) is 12.6. The molecule has 0 aliphatic carbocycles. The molecule has 186 valence electrons. The fourth-order valence-electron chi connectivity index (χ4n) is 4.45. The molecule has 2 fully saturated rings. The number of rotatable bonds is 12. The lowest BCUT2D eigenvalue weighted by Gasteiger charge is -2.34. The maximum Gasteiger partial charge on any atom is 0.243 e. The number of unbranched alkanes of at least 4 members (excludes halogenated alkanes) is 2. The summed E-state index contributed by atoms with van der Waals surface area (Å²) in [6, 6.07) is 5.80. The number of fused-ring (bicyclic) bond motifs is 1. The Balaban J connectivity index is 1.65. The third-order valence-corrected chi connectivity index (χ3v) is 6.30. The summed E-state index contributed by atoms with van der Waals surface area (Å²) in [5.41, 5.74) is 0.709. The van der Waals surface area contributed by atoms with Crippen molar-refractivity contribution < 1.29 is 29.0 Å². The number of nitrogens with one attached hydrogen (secondary N) is 3. The Morgan fingerprint density at radius 2 is 1.94 bits per heavy atom. The molecule has 1 aromatic carbocycles. The van der Waals surface area contributed by atoms with Crippen LogP contribution in [0.15, 0.2) is 24.3 Å². The minimum Gasteiger partial charge on any atom is -0.491 e. The average molecular weight is 493 g/mol. The summed E-state index contributed by atoms with van der Waals surface area (Å²) in [4.78, 5) is 51.1. The molecule has 0 saturated carbocycles. The van der Waals surface area contributed by atoms with Gasteiger partial charge in [0.25, 0.3) is 0 Å². The Hall–Kier alpha value is -2.79. The van der Waals surface area contributed by atoms with Gasteiger partial charge in [0, 0.05) is 13.1 Å². The van der Waals surface area contributed by atoms with Crippen LogP contribution >= 0.6 is 12.6 Å². The number of amides is 4. The molecule has 2 saturated heterocycles. The van der Waals surface area contributed by atoms with Crippen LogP contribution in [-0.2, 0) is 19.2 Å². The minimum atomic E-state index is -0.695. The number of aliphatic hydroxyl groups is 1. The first kappa shape index (κ1) is 25.8. The molecule has 0 radical (unpaired) electrons. The highest BCUT2D eigenvalue weighted by atomic mass is 32.1. The summed E-state index contributed by atoms with van der Waals surface area (Å²) < 4.78 is 5.50. The van der Waals surface area contributed by atoms with Gasteiger partial charge in [0.15, 0.2) is 0 Å². The Morgan fingerprint density at radius 3 is 2.68 bits per heavy atom. The first-order chi connectivity index (χ1) is 16.5. The van der Waals surface area contributed by atoms with Crippen molar-refractivity contribution >= 4 is 36.3 Å². The Morgan fingerprint density at radius 1 is 1.18 bits per heavy atom. The molecule has 0 aromatic heterocycles. The van der Waals surface area contributed by atoms with Crippen molar-refractivity contribution in [2.24, 2.45) is 5.92 Å². The molecule has 3 rings (SSSR count). The molecule has 34 heavy (non-hydrogen) atoms. The molecular weight excluding hydrogens is 460 g/mol. The minimum absolute atomic E-state index is 0.0926. The van der Waals surface area contributed by atoms with E-state index in [1.807, 2.05) is 6.07 Å². The van der Waals surface area contributed by atoms with Gasteiger partial charge in [-0.3, -0.25) is 19.2 Å². The predicted molar refractivity (Wildman–Crippen MR) is 127 cm³/mol. The van der Waals surface area contributed by atoms with Gasteiger partial charge in [-0.15, -0.1) is 0 Å². The number of hydrogen-bond donors (Lipinski definition) is 5. The van der Waals surface area contributed by atoms with E-state index in [0.29, 0.717) is 24.4 Å². The second-order valence-electron chi connectivity index (χ2n) is 8.33. The number of thiol groups is 1. The van der Waals surface area contributed by atoms with Crippen molar-refractivity contribution in [3.05, 3.63) is 29.8 Å². The SMILES string of the molecule is O=C(CS)NCCCCCNC(=O)[C@H]1C[C@H]2C(=O)NCC(=O)N2[C@H]1c1cccc(OCCO)c1. The summed E-state index contributed by atoms with van der Waals surface area (Å²) in [6.45, 7) is 0.940. The standard InChI is InChI=1S/C23H32N4O6S/c28-9-10-33-16-6-4-5-15(11-16)21-17(12-18-23(32)26-13-20(30)27(18)21)22(31)25-8-3-1-2-7-24-19(29)14-34/h4-6,11,17-18,21,28,34H,1-3,7-10,12-14H2,(H,24,29)(H,25,31)(H,26,32)/t17-,18-,21-/m0/s1. The lowest BCUT2D eigenvalue weighted by atomic mass is 9.92. The van der Waals surface area contributed by atoms with Gasteiger partial charge in [-0.25, -0.2) is 0 Å². The van der Waals surface area contributed by atoms with Crippen molar-refractivity contribution in [3.8, 4) is 5.75 Å². The van der Waals surface area contributed by atoms with Gasteiger partial charge >= 0.3 is 0 Å². The molecule has 11 heteroatoms. The number of piperazine rings is 1. The third kappa shape index (κ3) is 6.41. The largest absolute Gasteiger partial charge is 0.491 e. The fourth-order valence-corrected chi connectivity index (χ4v) is 4.56. The van der Waals surface area contributed by atoms with E-state index in [1.165, 1.54) is 4.90 Å². The number of hydrogen-bond acceptors (Lipinski definition) is 7. The predicted octanol–water partition coefficient (Wildman–Crippen LogP) is -0.222. The molecule has 0 bridgehead atoms. The molecule has 10 nitrogen and oxygen atoms in total. The number of benzene rings is 1. The van der Waals surface area contributed by atoms with E-state index in [1.54, 1.807) is 18.2 Å². The van der Waals surface area contributed by atoms with Crippen LogP contribution in [0, 0.1) is 5.92 Å². The van der Waals surface area contributed by atoms with E-state index in [2.05, 4.69) is 28.6 Å². The van der Waals surface area contributed by atoms with Crippen LogP contribution in [0.25, 0.3) is 0 Å². The molecule has 3 atom stereocenters. The molecule has 2 heterocycles. The zero-order valence-electron chi connectivity index (χ0n) is 19.0. The van der Waals surface area contributed by atoms with Crippen molar-refractivity contribution in [1.29, 1.82) is 0 Å². The average Bonchev–Trinajstić information content (AvgIpc) is 3.26. The summed E-state index contributed by atoms with van der Waals surface area (Å²) in [5, 5.41) is 17.3. The van der Waals surface area contributed by atoms with E-state index in [9.17, 15) is 19.2 Å². The highest BCUT2D eigenvalue weighted by Gasteiger charge is 2.52. The summed E-state index contributed by atoms with van der Waals surface area (Å²) in [5.74, 6) is -0.692. The van der Waals surface area contributed by atoms with Crippen LogP contribution in [0.3, 0.4) is 0 Å². The van der Waals surface area contributed by atoms with Crippen molar-refractivity contribution in [3.63, 3.8) is 0 Å². The third-order valence-electron chi connectivity index (χ3n) is 6.01. The molecular formula is C23H32N4O6S. The molecule has 4 amide bonds. The highest BCUT2D eigenvalue weighted by molar-refractivity contribution is 7.81. The number of aliphatic hydroxyl groups excluding tert-OH is 1. The van der Waals surface area contributed by atoms with Crippen LogP contribution in [-0.4, -0.2) is 78.3 Å². The van der Waals surface area contributed by atoms with Gasteiger partial charge in [-0.1, -0.05) is 12.1 Å². The quantitative estimate of drug-likeness (QED) is 0.202. The van der Waals surface area contributed by atoms with Crippen molar-refractivity contribution in [1.82, 2.24) is 20.9 Å². The number of carbonyl (C=O) groups excluding carboxylic acids is 4. The summed E-state index contributed by atoms with van der Waals surface area (Å²) >= 11 is 3.91. The fraction of sp³-hybridized carbons (Fsp3) is 0.565. The number of nitrogens with zero attached hydrogens (tertiary/aromatic N) is 1. The summed E-state index contributed by atoms with van der Waals surface area (Å²) in [7, 11) is 0. The normalized spacial score (nSPS) is 21.6. The Kier molecular flexibility index (Phi) is 9.58. The lowest BCUT2D eigenvalue weighted by Crippen LogP contribution is -2.56. The monoisotopic (exact) mass is 492 g/mol. The topological polar surface area (TPSA) is 137 Å². The smallest absolute Gasteiger partial charge is 0.243 e. The van der Waals surface area contributed by atoms with Crippen LogP contribution < -0.4 is 20.7 Å². The van der Waals surface area contributed by atoms with Gasteiger partial charge in [-0.05, 0) is 43.4 Å². The van der Waals surface area contributed by atoms with E-state index >= 15 is 0 Å². The lowest BCUT2D eigenvalue weighted by molar-refractivity contribution is -0.145. The molecule has 0 unspecified atom stereocenters. The first-order valence-electron chi connectivity index (χ1n) is 11.5. The van der Waals surface area contributed by atoms with Gasteiger partial charge in [0.05, 0.1) is 30.9 Å². The van der Waals surface area contributed by atoms with E-state index < -0.39 is 18.0 Å². The van der Waals surface area contributed by atoms with E-state index in [-0.39, 0.29) is 55.6 Å². The van der Waals surface area contributed by atoms with Gasteiger partial charge < -0.3 is 30.7 Å². The Labute approximate surface area is 204 Å². The van der Waals surface area contributed by atoms with Gasteiger partial charge in [0.1, 0.15) is 18.4 Å². The molecule has 4 N–H and O–H groups in total. The Bertz CT molecular complexity index is 898. The maximum atomic E-state index is 13.1. The van der Waals surface area contributed by atoms with E-state index in [0.717, 1.165) is 19.3 Å². The second-order valence-corrected chi connectivity index (χ2v) is 8.64. The van der Waals surface area contributed by atoms with Crippen molar-refractivity contribution in [2.45, 2.75) is 37.8 Å². The summed E-state index contributed by atoms with van der Waals surface area (Å²) in [6.07, 6.45) is 2.62. The molecule has 1 aromatic rings. The number of carbonyl (C=O) groups is 4. The molecule has 2 aliphatic rings. The van der Waals surface area contributed by atoms with Gasteiger partial charge in [-0.2, -0.15) is 12.6 Å². The van der Waals surface area contributed by atoms with Crippen molar-refractivity contribution in [2.75, 3.05) is 38.6 Å². The van der Waals surface area contributed by atoms with Crippen LogP contribution in [0.4, 0.5) is 0 Å². The zero-order valence-corrected chi connectivity index (χ0v) is 19.9. The highest BCUT2D eigenvalue weighted by Crippen LogP contribution is 2.43. The van der Waals surface area contributed by atoms with Crippen LogP contribution in [0.1, 0.15) is 37.3 Å². The van der Waals surface area contributed by atoms with Gasteiger partial charge in [0.2, 0.25) is 23.6 Å². The van der Waals surface area contributed by atoms with E-state index in [4.69, 9.17) is 9.84 Å². The number of ether oxygens (including phenoxy) is 1.